The lowest BCUT2D eigenvalue weighted by Gasteiger charge is -2.01. The van der Waals surface area contributed by atoms with Gasteiger partial charge in [0.15, 0.2) is 0 Å². The van der Waals surface area contributed by atoms with Gasteiger partial charge in [-0.2, -0.15) is 0 Å². The number of hydrogen-bond acceptors (Lipinski definition) is 6. The number of nitro benzene ring substituents is 1. The highest BCUT2D eigenvalue weighted by Gasteiger charge is 2.26. The van der Waals surface area contributed by atoms with E-state index in [-0.39, 0.29) is 4.90 Å². The minimum absolute atomic E-state index is 0.0806. The predicted octanol–water partition coefficient (Wildman–Crippen LogP) is 1.26. The van der Waals surface area contributed by atoms with Gasteiger partial charge < -0.3 is 0 Å². The van der Waals surface area contributed by atoms with Crippen molar-refractivity contribution in [1.82, 2.24) is 0 Å². The Morgan fingerprint density at radius 2 is 2.19 bits per heavy atom. The number of benzene rings is 1. The van der Waals surface area contributed by atoms with Crippen molar-refractivity contribution >= 4 is 29.0 Å². The SMILES string of the molecule is [O]OC(=O)c1cccc(S[C]=O)c1[N+](=O)[O-]. The van der Waals surface area contributed by atoms with Crippen molar-refractivity contribution in [2.45, 2.75) is 4.90 Å². The summed E-state index contributed by atoms with van der Waals surface area (Å²) in [6, 6.07) is 3.61. The van der Waals surface area contributed by atoms with Crippen LogP contribution in [0.2, 0.25) is 0 Å². The largest absolute Gasteiger partial charge is 0.383 e. The average molecular weight is 241 g/mol. The number of carbonyl (C=O) groups is 1. The van der Waals surface area contributed by atoms with Gasteiger partial charge in [-0.25, -0.2) is 4.79 Å². The smallest absolute Gasteiger partial charge is 0.277 e. The minimum atomic E-state index is -1.37. The zero-order chi connectivity index (χ0) is 12.1. The van der Waals surface area contributed by atoms with Gasteiger partial charge in [-0.05, 0) is 23.9 Å². The number of nitrogens with zero attached hydrogens (tertiary/aromatic N) is 1. The molecule has 8 heteroatoms. The highest BCUT2D eigenvalue weighted by molar-refractivity contribution is 8.12. The molecule has 0 aliphatic carbocycles. The molecule has 0 fully saturated rings. The van der Waals surface area contributed by atoms with Crippen LogP contribution in [0.15, 0.2) is 23.1 Å². The van der Waals surface area contributed by atoms with Crippen LogP contribution in [-0.2, 0) is 14.9 Å². The second-order valence-electron chi connectivity index (χ2n) is 2.47. The van der Waals surface area contributed by atoms with Crippen LogP contribution >= 0.6 is 11.8 Å². The molecule has 1 aromatic rings. The standard InChI is InChI=1S/C8H3NO6S/c10-4-16-6-3-1-2-5(8(11)15-14)7(6)9(12)13/h1-3H. The maximum Gasteiger partial charge on any atom is 0.383 e. The zero-order valence-electron chi connectivity index (χ0n) is 7.54. The third-order valence-corrected chi connectivity index (χ3v) is 2.26. The van der Waals surface area contributed by atoms with E-state index in [2.05, 4.69) is 4.89 Å². The maximum absolute atomic E-state index is 10.9. The van der Waals surface area contributed by atoms with Crippen molar-refractivity contribution in [3.8, 4) is 0 Å². The fourth-order valence-electron chi connectivity index (χ4n) is 1.05. The van der Waals surface area contributed by atoms with E-state index in [1.807, 2.05) is 0 Å². The molecule has 0 saturated heterocycles. The molecule has 0 atom stereocenters. The third kappa shape index (κ3) is 2.35. The van der Waals surface area contributed by atoms with Crippen molar-refractivity contribution in [2.75, 3.05) is 0 Å². The fraction of sp³-hybridized carbons (Fsp3) is 0. The van der Waals surface area contributed by atoms with E-state index in [4.69, 9.17) is 0 Å². The Bertz CT molecular complexity index is 446. The number of nitro groups is 1. The first-order valence-corrected chi connectivity index (χ1v) is 4.59. The molecule has 1 aromatic carbocycles. The van der Waals surface area contributed by atoms with Crippen molar-refractivity contribution in [1.29, 1.82) is 0 Å². The number of thioether (sulfide) groups is 1. The molecular weight excluding hydrogens is 238 g/mol. The highest BCUT2D eigenvalue weighted by atomic mass is 32.2. The number of rotatable bonds is 4. The van der Waals surface area contributed by atoms with E-state index in [0.717, 1.165) is 6.07 Å². The van der Waals surface area contributed by atoms with Crippen LogP contribution in [0.25, 0.3) is 0 Å². The van der Waals surface area contributed by atoms with Crippen LogP contribution in [0, 0.1) is 10.1 Å². The van der Waals surface area contributed by atoms with Gasteiger partial charge in [0.25, 0.3) is 11.3 Å². The quantitative estimate of drug-likeness (QED) is 0.340. The molecule has 82 valence electrons. The Hall–Kier alpha value is -1.93. The summed E-state index contributed by atoms with van der Waals surface area (Å²) in [5.41, 5.74) is 0.254. The van der Waals surface area contributed by atoms with Gasteiger partial charge in [0.1, 0.15) is 5.56 Å². The second kappa shape index (κ2) is 5.24. The molecule has 0 aromatic heterocycles. The summed E-state index contributed by atoms with van der Waals surface area (Å²) >= 11 is 0.415. The van der Waals surface area contributed by atoms with Gasteiger partial charge in [0.2, 0.25) is 0 Å². The summed E-state index contributed by atoms with van der Waals surface area (Å²) in [4.78, 5) is 34.0. The topological polar surface area (TPSA) is 106 Å². The van der Waals surface area contributed by atoms with Gasteiger partial charge in [0, 0.05) is 5.26 Å². The Morgan fingerprint density at radius 1 is 1.50 bits per heavy atom. The van der Waals surface area contributed by atoms with E-state index < -0.39 is 22.1 Å². The molecule has 0 heterocycles. The normalized spacial score (nSPS) is 9.56. The average Bonchev–Trinajstić information content (AvgIpc) is 2.27. The van der Waals surface area contributed by atoms with E-state index in [1.54, 1.807) is 0 Å². The molecular formula is C8H3NO6S. The first-order valence-electron chi connectivity index (χ1n) is 3.77. The molecule has 0 bridgehead atoms. The van der Waals surface area contributed by atoms with Crippen LogP contribution in [0.1, 0.15) is 10.4 Å². The molecule has 16 heavy (non-hydrogen) atoms. The lowest BCUT2D eigenvalue weighted by Crippen LogP contribution is -2.06. The minimum Gasteiger partial charge on any atom is -0.277 e. The first-order chi connectivity index (χ1) is 7.61. The van der Waals surface area contributed by atoms with Gasteiger partial charge in [-0.15, -0.1) is 0 Å². The number of hydrogen-bond donors (Lipinski definition) is 0. The molecule has 0 aliphatic rings. The molecule has 0 N–H and O–H groups in total. The van der Waals surface area contributed by atoms with Crippen LogP contribution < -0.4 is 0 Å². The maximum atomic E-state index is 10.9. The predicted molar refractivity (Wildman–Crippen MR) is 50.7 cm³/mol. The van der Waals surface area contributed by atoms with E-state index in [0.29, 0.717) is 11.8 Å². The molecule has 7 nitrogen and oxygen atoms in total. The Balaban J connectivity index is 3.37. The van der Waals surface area contributed by atoms with Crippen molar-refractivity contribution < 1.29 is 24.7 Å². The van der Waals surface area contributed by atoms with Crippen LogP contribution in [0.5, 0.6) is 0 Å². The monoisotopic (exact) mass is 241 g/mol. The van der Waals surface area contributed by atoms with Crippen molar-refractivity contribution in [2.24, 2.45) is 0 Å². The van der Waals surface area contributed by atoms with E-state index >= 15 is 0 Å². The van der Waals surface area contributed by atoms with Gasteiger partial charge in [-0.1, -0.05) is 6.07 Å². The molecule has 2 radical (unpaired) electrons. The molecule has 0 amide bonds. The summed E-state index contributed by atoms with van der Waals surface area (Å²) in [6.45, 7) is 0. The van der Waals surface area contributed by atoms with E-state index in [9.17, 15) is 25.0 Å². The molecule has 0 saturated carbocycles. The van der Waals surface area contributed by atoms with Gasteiger partial charge in [0.05, 0.1) is 9.82 Å². The zero-order valence-corrected chi connectivity index (χ0v) is 8.35. The third-order valence-electron chi connectivity index (χ3n) is 1.63. The molecule has 0 aliphatic heterocycles. The van der Waals surface area contributed by atoms with Crippen LogP contribution in [-0.4, -0.2) is 16.5 Å². The van der Waals surface area contributed by atoms with E-state index in [1.165, 1.54) is 17.8 Å². The molecule has 0 unspecified atom stereocenters. The summed E-state index contributed by atoms with van der Waals surface area (Å²) in [5, 5.41) is 20.6. The summed E-state index contributed by atoms with van der Waals surface area (Å²) in [5.74, 6) is -1.37. The van der Waals surface area contributed by atoms with Crippen molar-refractivity contribution in [3.63, 3.8) is 0 Å². The van der Waals surface area contributed by atoms with Crippen LogP contribution in [0.3, 0.4) is 0 Å². The Kier molecular flexibility index (Phi) is 3.97. The Labute approximate surface area is 93.1 Å². The van der Waals surface area contributed by atoms with Crippen LogP contribution in [0.4, 0.5) is 5.69 Å². The number of para-hydroxylation sites is 1. The lowest BCUT2D eigenvalue weighted by molar-refractivity contribution is -0.388. The number of carbonyl (C=O) groups excluding carboxylic acids is 2. The first kappa shape index (κ1) is 12.1. The summed E-state index contributed by atoms with van der Waals surface area (Å²) in [7, 11) is 0. The summed E-state index contributed by atoms with van der Waals surface area (Å²) < 4.78 is 0. The van der Waals surface area contributed by atoms with Gasteiger partial charge >= 0.3 is 5.97 Å². The molecule has 1 rings (SSSR count). The Morgan fingerprint density at radius 3 is 2.69 bits per heavy atom. The highest BCUT2D eigenvalue weighted by Crippen LogP contribution is 2.31. The molecule has 0 spiro atoms. The summed E-state index contributed by atoms with van der Waals surface area (Å²) in [6.07, 6.45) is 0. The van der Waals surface area contributed by atoms with Crippen molar-refractivity contribution in [3.05, 3.63) is 33.9 Å². The fourth-order valence-corrected chi connectivity index (χ4v) is 1.57. The van der Waals surface area contributed by atoms with Gasteiger partial charge in [-0.3, -0.25) is 19.8 Å². The second-order valence-corrected chi connectivity index (χ2v) is 3.28. The lowest BCUT2D eigenvalue weighted by atomic mass is 10.2.